The molecule has 2 rings (SSSR count). The van der Waals surface area contributed by atoms with Crippen molar-refractivity contribution in [2.24, 2.45) is 0 Å². The van der Waals surface area contributed by atoms with Crippen molar-refractivity contribution >= 4 is 21.9 Å². The predicted molar refractivity (Wildman–Crippen MR) is 107 cm³/mol. The maximum absolute atomic E-state index is 13.0. The summed E-state index contributed by atoms with van der Waals surface area (Å²) in [6.45, 7) is 7.77. The van der Waals surface area contributed by atoms with Crippen molar-refractivity contribution < 1.29 is 22.7 Å². The van der Waals surface area contributed by atoms with E-state index in [1.54, 1.807) is 39.8 Å². The number of piperidine rings is 1. The molecular weight excluding hydrogens is 380 g/mol. The number of carbonyl (C=O) groups is 2. The van der Waals surface area contributed by atoms with Gasteiger partial charge in [-0.2, -0.15) is 4.31 Å². The van der Waals surface area contributed by atoms with E-state index in [-0.39, 0.29) is 17.0 Å². The Labute approximate surface area is 167 Å². The highest BCUT2D eigenvalue weighted by Crippen LogP contribution is 2.25. The first-order valence-corrected chi connectivity index (χ1v) is 10.9. The zero-order valence-electron chi connectivity index (χ0n) is 17.3. The van der Waals surface area contributed by atoms with Gasteiger partial charge in [-0.05, 0) is 58.2 Å². The molecule has 7 nitrogen and oxygen atoms in total. The van der Waals surface area contributed by atoms with Crippen LogP contribution in [0.5, 0.6) is 0 Å². The van der Waals surface area contributed by atoms with Crippen molar-refractivity contribution in [1.82, 2.24) is 9.21 Å². The fourth-order valence-electron chi connectivity index (χ4n) is 3.11. The second-order valence-electron chi connectivity index (χ2n) is 8.19. The first kappa shape index (κ1) is 22.4. The molecule has 1 aromatic carbocycles. The van der Waals surface area contributed by atoms with Crippen LogP contribution >= 0.6 is 0 Å². The van der Waals surface area contributed by atoms with E-state index < -0.39 is 27.5 Å². The number of benzene rings is 1. The summed E-state index contributed by atoms with van der Waals surface area (Å²) in [5.41, 5.74) is 0.185. The minimum atomic E-state index is -3.65. The van der Waals surface area contributed by atoms with Crippen molar-refractivity contribution in [2.45, 2.75) is 57.5 Å². The minimum absolute atomic E-state index is 0.144. The molecule has 0 radical (unpaired) electrons. The first-order chi connectivity index (χ1) is 12.9. The number of carbonyl (C=O) groups excluding carboxylic acids is 2. The van der Waals surface area contributed by atoms with Crippen LogP contribution in [-0.2, 0) is 19.6 Å². The quantitative estimate of drug-likeness (QED) is 0.697. The van der Waals surface area contributed by atoms with Crippen LogP contribution in [0.3, 0.4) is 0 Å². The summed E-state index contributed by atoms with van der Waals surface area (Å²) in [5.74, 6) is -0.947. The molecular formula is C20H30N2O5S. The van der Waals surface area contributed by atoms with Gasteiger partial charge >= 0.3 is 5.97 Å². The number of likely N-dealkylation sites (N-methyl/N-ethyl adjacent to an activating group) is 1. The van der Waals surface area contributed by atoms with Crippen LogP contribution < -0.4 is 0 Å². The molecule has 1 aliphatic rings. The number of esters is 1. The fourth-order valence-corrected chi connectivity index (χ4v) is 4.88. The SMILES string of the molecule is Cc1ccc(C(=O)N(C)CC(=O)OC(C)(C)C)cc1S(=O)(=O)N1CCCCC1. The maximum atomic E-state index is 13.0. The molecule has 1 fully saturated rings. The summed E-state index contributed by atoms with van der Waals surface area (Å²) >= 11 is 0. The van der Waals surface area contributed by atoms with Gasteiger partial charge in [0.05, 0.1) is 4.90 Å². The third-order valence-corrected chi connectivity index (χ3v) is 6.54. The zero-order valence-corrected chi connectivity index (χ0v) is 18.1. The number of sulfonamides is 1. The lowest BCUT2D eigenvalue weighted by molar-refractivity contribution is -0.155. The lowest BCUT2D eigenvalue weighted by Gasteiger charge is -2.27. The third-order valence-electron chi connectivity index (χ3n) is 4.50. The van der Waals surface area contributed by atoms with Crippen molar-refractivity contribution in [3.05, 3.63) is 29.3 Å². The van der Waals surface area contributed by atoms with E-state index >= 15 is 0 Å². The van der Waals surface area contributed by atoms with Gasteiger partial charge in [0.1, 0.15) is 12.1 Å². The highest BCUT2D eigenvalue weighted by Gasteiger charge is 2.29. The molecule has 0 atom stereocenters. The van der Waals surface area contributed by atoms with Crippen LogP contribution in [0.15, 0.2) is 23.1 Å². The van der Waals surface area contributed by atoms with Gasteiger partial charge < -0.3 is 9.64 Å². The van der Waals surface area contributed by atoms with Gasteiger partial charge in [-0.25, -0.2) is 8.42 Å². The van der Waals surface area contributed by atoms with Crippen LogP contribution in [-0.4, -0.2) is 61.8 Å². The highest BCUT2D eigenvalue weighted by atomic mass is 32.2. The predicted octanol–water partition coefficient (Wildman–Crippen LogP) is 2.58. The molecule has 0 bridgehead atoms. The molecule has 156 valence electrons. The fraction of sp³-hybridized carbons (Fsp3) is 0.600. The van der Waals surface area contributed by atoms with E-state index in [0.29, 0.717) is 18.7 Å². The lowest BCUT2D eigenvalue weighted by atomic mass is 10.1. The molecule has 1 amide bonds. The highest BCUT2D eigenvalue weighted by molar-refractivity contribution is 7.89. The second-order valence-corrected chi connectivity index (χ2v) is 10.1. The molecule has 1 aromatic rings. The Hall–Kier alpha value is -1.93. The molecule has 1 saturated heterocycles. The van der Waals surface area contributed by atoms with E-state index in [1.165, 1.54) is 22.3 Å². The van der Waals surface area contributed by atoms with E-state index in [0.717, 1.165) is 19.3 Å². The standard InChI is InChI=1S/C20H30N2O5S/c1-15-9-10-16(19(24)21(5)14-18(23)27-20(2,3)4)13-17(15)28(25,26)22-11-7-6-8-12-22/h9-10,13H,6-8,11-12,14H2,1-5H3. The summed E-state index contributed by atoms with van der Waals surface area (Å²) in [6, 6.07) is 4.62. The van der Waals surface area contributed by atoms with Gasteiger partial charge in [0.15, 0.2) is 0 Å². The van der Waals surface area contributed by atoms with Gasteiger partial charge in [0.2, 0.25) is 10.0 Å². The van der Waals surface area contributed by atoms with Gasteiger partial charge in [-0.1, -0.05) is 12.5 Å². The molecule has 0 N–H and O–H groups in total. The van der Waals surface area contributed by atoms with Gasteiger partial charge in [-0.15, -0.1) is 0 Å². The van der Waals surface area contributed by atoms with E-state index in [9.17, 15) is 18.0 Å². The molecule has 1 heterocycles. The second kappa shape index (κ2) is 8.61. The van der Waals surface area contributed by atoms with Gasteiger partial charge in [-0.3, -0.25) is 9.59 Å². The number of rotatable bonds is 5. The largest absolute Gasteiger partial charge is 0.459 e. The summed E-state index contributed by atoms with van der Waals surface area (Å²) in [5, 5.41) is 0. The average molecular weight is 411 g/mol. The summed E-state index contributed by atoms with van der Waals surface area (Å²) in [6.07, 6.45) is 2.71. The molecule has 1 aliphatic heterocycles. The van der Waals surface area contributed by atoms with Crippen molar-refractivity contribution in [2.75, 3.05) is 26.7 Å². The Kier molecular flexibility index (Phi) is 6.88. The van der Waals surface area contributed by atoms with E-state index in [2.05, 4.69) is 0 Å². The van der Waals surface area contributed by atoms with E-state index in [1.807, 2.05) is 0 Å². The lowest BCUT2D eigenvalue weighted by Crippen LogP contribution is -2.37. The Morgan fingerprint density at radius 3 is 2.32 bits per heavy atom. The number of hydrogen-bond acceptors (Lipinski definition) is 5. The Balaban J connectivity index is 2.21. The van der Waals surface area contributed by atoms with Gasteiger partial charge in [0.25, 0.3) is 5.91 Å². The Bertz CT molecular complexity index is 837. The van der Waals surface area contributed by atoms with Crippen LogP contribution in [0, 0.1) is 6.92 Å². The minimum Gasteiger partial charge on any atom is -0.459 e. The summed E-state index contributed by atoms with van der Waals surface area (Å²) < 4.78 is 32.7. The number of amides is 1. The molecule has 0 unspecified atom stereocenters. The molecule has 28 heavy (non-hydrogen) atoms. The topological polar surface area (TPSA) is 84.0 Å². The monoisotopic (exact) mass is 410 g/mol. The third kappa shape index (κ3) is 5.54. The number of aryl methyl sites for hydroxylation is 1. The van der Waals surface area contributed by atoms with Gasteiger partial charge in [0, 0.05) is 25.7 Å². The molecule has 0 saturated carbocycles. The number of ether oxygens (including phenoxy) is 1. The first-order valence-electron chi connectivity index (χ1n) is 9.50. The van der Waals surface area contributed by atoms with Crippen molar-refractivity contribution in [1.29, 1.82) is 0 Å². The van der Waals surface area contributed by atoms with Crippen LogP contribution in [0.4, 0.5) is 0 Å². The zero-order chi connectivity index (χ0) is 21.1. The normalized spacial score (nSPS) is 15.9. The van der Waals surface area contributed by atoms with Crippen LogP contribution in [0.1, 0.15) is 56.0 Å². The average Bonchev–Trinajstić information content (AvgIpc) is 2.60. The smallest absolute Gasteiger partial charge is 0.326 e. The maximum Gasteiger partial charge on any atom is 0.326 e. The molecule has 0 aliphatic carbocycles. The number of hydrogen-bond donors (Lipinski definition) is 0. The Morgan fingerprint density at radius 2 is 1.75 bits per heavy atom. The van der Waals surface area contributed by atoms with Crippen LogP contribution in [0.2, 0.25) is 0 Å². The molecule has 0 spiro atoms. The van der Waals surface area contributed by atoms with Crippen molar-refractivity contribution in [3.63, 3.8) is 0 Å². The number of nitrogens with zero attached hydrogens (tertiary/aromatic N) is 2. The van der Waals surface area contributed by atoms with E-state index in [4.69, 9.17) is 4.74 Å². The van der Waals surface area contributed by atoms with Crippen molar-refractivity contribution in [3.8, 4) is 0 Å². The Morgan fingerprint density at radius 1 is 1.14 bits per heavy atom. The molecule has 8 heteroatoms. The molecule has 0 aromatic heterocycles. The summed E-state index contributed by atoms with van der Waals surface area (Å²) in [4.78, 5) is 26.1. The van der Waals surface area contributed by atoms with Crippen LogP contribution in [0.25, 0.3) is 0 Å². The summed E-state index contributed by atoms with van der Waals surface area (Å²) in [7, 11) is -2.16.